The van der Waals surface area contributed by atoms with Crippen LogP contribution in [0.4, 0.5) is 5.82 Å². The number of amides is 1. The fourth-order valence-corrected chi connectivity index (χ4v) is 3.73. The second-order valence-corrected chi connectivity index (χ2v) is 6.64. The number of benzene rings is 1. The van der Waals surface area contributed by atoms with Crippen LogP contribution in [-0.4, -0.2) is 28.0 Å². The van der Waals surface area contributed by atoms with Crippen molar-refractivity contribution in [1.82, 2.24) is 14.9 Å². The Bertz CT molecular complexity index is 930. The smallest absolute Gasteiger partial charge is 0.279 e. The molecule has 1 aliphatic heterocycles. The van der Waals surface area contributed by atoms with Gasteiger partial charge in [-0.3, -0.25) is 4.79 Å². The lowest BCUT2D eigenvalue weighted by molar-refractivity contribution is 0.101. The van der Waals surface area contributed by atoms with Crippen LogP contribution in [0.25, 0.3) is 5.69 Å². The van der Waals surface area contributed by atoms with E-state index >= 15 is 0 Å². The molecule has 0 radical (unpaired) electrons. The Labute approximate surface area is 148 Å². The van der Waals surface area contributed by atoms with Gasteiger partial charge in [-0.05, 0) is 31.2 Å². The van der Waals surface area contributed by atoms with Gasteiger partial charge in [-0.25, -0.2) is 4.68 Å². The maximum absolute atomic E-state index is 12.5. The molecule has 0 atom stereocenters. The second kappa shape index (κ2) is 6.29. The Morgan fingerprint density at radius 2 is 2.12 bits per heavy atom. The van der Waals surface area contributed by atoms with E-state index in [1.165, 1.54) is 0 Å². The molecular formula is C17H16N4O3S. The van der Waals surface area contributed by atoms with Crippen molar-refractivity contribution < 1.29 is 14.1 Å². The molecule has 4 rings (SSSR count). The third kappa shape index (κ3) is 2.89. The first-order valence-corrected chi connectivity index (χ1v) is 8.89. The van der Waals surface area contributed by atoms with Crippen molar-refractivity contribution >= 4 is 23.5 Å². The molecule has 0 fully saturated rings. The number of carbonyl (C=O) groups excluding carboxylic acids is 1. The average Bonchev–Trinajstić information content (AvgIpc) is 3.32. The normalized spacial score (nSPS) is 12.9. The summed E-state index contributed by atoms with van der Waals surface area (Å²) in [6.45, 7) is 1.75. The standard InChI is InChI=1S/C17H16N4O3S/c1-10-7-14(20-24-10)17(22)18-16-13-8-25-9-15(13)19-21(16)11-3-5-12(23-2)6-4-11/h3-7H,8-9H2,1-2H3,(H,18,22). The molecule has 0 bridgehead atoms. The highest BCUT2D eigenvalue weighted by Gasteiger charge is 2.25. The van der Waals surface area contributed by atoms with E-state index in [1.54, 1.807) is 36.5 Å². The highest BCUT2D eigenvalue weighted by atomic mass is 32.2. The predicted molar refractivity (Wildman–Crippen MR) is 94.3 cm³/mol. The summed E-state index contributed by atoms with van der Waals surface area (Å²) >= 11 is 1.78. The van der Waals surface area contributed by atoms with Crippen molar-refractivity contribution in [1.29, 1.82) is 0 Å². The van der Waals surface area contributed by atoms with Crippen molar-refractivity contribution in [3.63, 3.8) is 0 Å². The minimum absolute atomic E-state index is 0.249. The van der Waals surface area contributed by atoms with Gasteiger partial charge >= 0.3 is 0 Å². The topological polar surface area (TPSA) is 82.2 Å². The third-order valence-electron chi connectivity index (χ3n) is 3.96. The number of carbonyl (C=O) groups is 1. The molecule has 0 unspecified atom stereocenters. The van der Waals surface area contributed by atoms with Crippen LogP contribution < -0.4 is 10.1 Å². The summed E-state index contributed by atoms with van der Waals surface area (Å²) in [6.07, 6.45) is 0. The fourth-order valence-electron chi connectivity index (χ4n) is 2.70. The number of ether oxygens (including phenoxy) is 1. The van der Waals surface area contributed by atoms with E-state index in [4.69, 9.17) is 9.26 Å². The second-order valence-electron chi connectivity index (χ2n) is 5.65. The lowest BCUT2D eigenvalue weighted by Gasteiger charge is -2.10. The number of rotatable bonds is 4. The number of anilines is 1. The number of nitrogens with zero attached hydrogens (tertiary/aromatic N) is 3. The predicted octanol–water partition coefficient (Wildman–Crippen LogP) is 3.18. The number of nitrogens with one attached hydrogen (secondary N) is 1. The van der Waals surface area contributed by atoms with Crippen LogP contribution in [0.5, 0.6) is 5.75 Å². The molecular weight excluding hydrogens is 340 g/mol. The van der Waals surface area contributed by atoms with Gasteiger partial charge in [-0.1, -0.05) is 5.16 Å². The molecule has 0 aliphatic carbocycles. The monoisotopic (exact) mass is 356 g/mol. The van der Waals surface area contributed by atoms with E-state index in [0.29, 0.717) is 11.6 Å². The number of fused-ring (bicyclic) bond motifs is 1. The van der Waals surface area contributed by atoms with Crippen LogP contribution >= 0.6 is 11.8 Å². The van der Waals surface area contributed by atoms with Gasteiger partial charge in [-0.2, -0.15) is 16.9 Å². The first-order valence-electron chi connectivity index (χ1n) is 7.73. The molecule has 2 aromatic heterocycles. The van der Waals surface area contributed by atoms with Crippen LogP contribution in [-0.2, 0) is 11.5 Å². The largest absolute Gasteiger partial charge is 0.497 e. The zero-order valence-corrected chi connectivity index (χ0v) is 14.6. The molecule has 1 aromatic carbocycles. The number of thioether (sulfide) groups is 1. The number of hydrogen-bond acceptors (Lipinski definition) is 6. The van der Waals surface area contributed by atoms with Gasteiger partial charge in [0.25, 0.3) is 5.91 Å². The van der Waals surface area contributed by atoms with Crippen molar-refractivity contribution in [2.75, 3.05) is 12.4 Å². The Kier molecular flexibility index (Phi) is 3.96. The molecule has 128 valence electrons. The zero-order valence-electron chi connectivity index (χ0n) is 13.8. The van der Waals surface area contributed by atoms with E-state index in [9.17, 15) is 4.79 Å². The van der Waals surface area contributed by atoms with E-state index in [-0.39, 0.29) is 11.6 Å². The first-order chi connectivity index (χ1) is 12.2. The quantitative estimate of drug-likeness (QED) is 0.773. The van der Waals surface area contributed by atoms with Crippen molar-refractivity contribution in [2.45, 2.75) is 18.4 Å². The molecule has 7 nitrogen and oxygen atoms in total. The lowest BCUT2D eigenvalue weighted by atomic mass is 10.2. The molecule has 3 heterocycles. The van der Waals surface area contributed by atoms with Gasteiger partial charge in [-0.15, -0.1) is 0 Å². The summed E-state index contributed by atoms with van der Waals surface area (Å²) in [4.78, 5) is 12.5. The average molecular weight is 356 g/mol. The van der Waals surface area contributed by atoms with Gasteiger partial charge < -0.3 is 14.6 Å². The highest BCUT2D eigenvalue weighted by molar-refractivity contribution is 7.98. The Morgan fingerprint density at radius 3 is 2.80 bits per heavy atom. The summed E-state index contributed by atoms with van der Waals surface area (Å²) < 4.78 is 11.9. The molecule has 0 spiro atoms. The number of aromatic nitrogens is 3. The number of methoxy groups -OCH3 is 1. The maximum Gasteiger partial charge on any atom is 0.279 e. The number of hydrogen-bond donors (Lipinski definition) is 1. The lowest BCUT2D eigenvalue weighted by Crippen LogP contribution is -2.16. The third-order valence-corrected chi connectivity index (χ3v) is 4.93. The molecule has 0 saturated heterocycles. The van der Waals surface area contributed by atoms with Gasteiger partial charge in [0.15, 0.2) is 5.69 Å². The van der Waals surface area contributed by atoms with Gasteiger partial charge in [0.2, 0.25) is 0 Å². The van der Waals surface area contributed by atoms with Crippen LogP contribution in [0, 0.1) is 6.92 Å². The molecule has 1 N–H and O–H groups in total. The minimum Gasteiger partial charge on any atom is -0.497 e. The summed E-state index contributed by atoms with van der Waals surface area (Å²) in [5, 5.41) is 11.4. The summed E-state index contributed by atoms with van der Waals surface area (Å²) in [7, 11) is 1.63. The van der Waals surface area contributed by atoms with Crippen LogP contribution in [0.15, 0.2) is 34.9 Å². The van der Waals surface area contributed by atoms with Crippen LogP contribution in [0.2, 0.25) is 0 Å². The van der Waals surface area contributed by atoms with Crippen molar-refractivity contribution in [3.05, 3.63) is 53.0 Å². The summed E-state index contributed by atoms with van der Waals surface area (Å²) in [5.74, 6) is 3.38. The first kappa shape index (κ1) is 15.8. The maximum atomic E-state index is 12.5. The van der Waals surface area contributed by atoms with E-state index in [0.717, 1.165) is 34.2 Å². The molecule has 0 saturated carbocycles. The molecule has 8 heteroatoms. The molecule has 1 aliphatic rings. The summed E-state index contributed by atoms with van der Waals surface area (Å²) in [6, 6.07) is 9.15. The van der Waals surface area contributed by atoms with Gasteiger partial charge in [0.1, 0.15) is 17.3 Å². The Balaban J connectivity index is 1.71. The summed E-state index contributed by atoms with van der Waals surface area (Å²) in [5.41, 5.74) is 3.15. The van der Waals surface area contributed by atoms with E-state index < -0.39 is 0 Å². The molecule has 3 aromatic rings. The molecule has 1 amide bonds. The van der Waals surface area contributed by atoms with Crippen LogP contribution in [0.1, 0.15) is 27.5 Å². The minimum atomic E-state index is -0.314. The Morgan fingerprint density at radius 1 is 1.32 bits per heavy atom. The highest BCUT2D eigenvalue weighted by Crippen LogP contribution is 2.36. The number of aryl methyl sites for hydroxylation is 1. The SMILES string of the molecule is COc1ccc(-n2nc3c(c2NC(=O)c2cc(C)on2)CSC3)cc1. The van der Waals surface area contributed by atoms with Crippen LogP contribution in [0.3, 0.4) is 0 Å². The zero-order chi connectivity index (χ0) is 17.4. The Hall–Kier alpha value is -2.74. The van der Waals surface area contributed by atoms with Gasteiger partial charge in [0.05, 0.1) is 18.5 Å². The van der Waals surface area contributed by atoms with E-state index in [1.807, 2.05) is 24.3 Å². The fraction of sp³-hybridized carbons (Fsp3) is 0.235. The molecule has 25 heavy (non-hydrogen) atoms. The van der Waals surface area contributed by atoms with Crippen molar-refractivity contribution in [3.8, 4) is 11.4 Å². The van der Waals surface area contributed by atoms with Crippen molar-refractivity contribution in [2.24, 2.45) is 0 Å². The van der Waals surface area contributed by atoms with Gasteiger partial charge in [0, 0.05) is 23.1 Å². The van der Waals surface area contributed by atoms with E-state index in [2.05, 4.69) is 15.6 Å².